The normalized spacial score (nSPS) is 11.2. The van der Waals surface area contributed by atoms with Gasteiger partial charge in [-0.05, 0) is 30.7 Å². The van der Waals surface area contributed by atoms with Crippen LogP contribution in [-0.4, -0.2) is 14.6 Å². The molecule has 0 aliphatic heterocycles. The first-order valence-electron chi connectivity index (χ1n) is 5.38. The number of aryl methyl sites for hydroxylation is 1. The Hall–Kier alpha value is -2.14. The van der Waals surface area contributed by atoms with Crippen LogP contribution >= 0.6 is 0 Å². The van der Waals surface area contributed by atoms with Gasteiger partial charge in [0, 0.05) is 12.7 Å². The van der Waals surface area contributed by atoms with Crippen LogP contribution in [-0.2, 0) is 6.54 Å². The summed E-state index contributed by atoms with van der Waals surface area (Å²) in [5.74, 6) is 2.26. The molecule has 0 atom stereocenters. The van der Waals surface area contributed by atoms with Crippen molar-refractivity contribution >= 4 is 5.65 Å². The third-order valence-corrected chi connectivity index (χ3v) is 2.66. The quantitative estimate of drug-likeness (QED) is 0.725. The summed E-state index contributed by atoms with van der Waals surface area (Å²) in [6.07, 6.45) is 1.93. The van der Waals surface area contributed by atoms with Crippen LogP contribution in [0.3, 0.4) is 0 Å². The van der Waals surface area contributed by atoms with E-state index >= 15 is 0 Å². The molecule has 86 valence electrons. The maximum atomic E-state index is 5.62. The highest BCUT2D eigenvalue weighted by Crippen LogP contribution is 2.21. The Morgan fingerprint density at radius 3 is 2.82 bits per heavy atom. The average Bonchev–Trinajstić information content (AvgIpc) is 2.93. The summed E-state index contributed by atoms with van der Waals surface area (Å²) < 4.78 is 7.44. The molecule has 0 aliphatic rings. The molecule has 0 saturated heterocycles. The largest absolute Gasteiger partial charge is 0.458 e. The molecule has 3 rings (SSSR count). The minimum absolute atomic E-state index is 0.491. The fraction of sp³-hybridized carbons (Fsp3) is 0.167. The number of hydrogen-bond acceptors (Lipinski definition) is 4. The van der Waals surface area contributed by atoms with E-state index in [-0.39, 0.29) is 0 Å². The van der Waals surface area contributed by atoms with E-state index in [1.807, 2.05) is 41.8 Å². The molecule has 0 bridgehead atoms. The predicted octanol–water partition coefficient (Wildman–Crippen LogP) is 1.76. The van der Waals surface area contributed by atoms with Gasteiger partial charge in [0.2, 0.25) is 5.82 Å². The first-order chi connectivity index (χ1) is 8.28. The zero-order valence-corrected chi connectivity index (χ0v) is 9.42. The Bertz CT molecular complexity index is 668. The van der Waals surface area contributed by atoms with E-state index in [4.69, 9.17) is 10.2 Å². The van der Waals surface area contributed by atoms with Crippen molar-refractivity contribution in [2.24, 2.45) is 5.73 Å². The van der Waals surface area contributed by atoms with Crippen molar-refractivity contribution in [1.29, 1.82) is 0 Å². The van der Waals surface area contributed by atoms with Gasteiger partial charge in [-0.3, -0.25) is 4.40 Å². The second kappa shape index (κ2) is 3.71. The van der Waals surface area contributed by atoms with E-state index in [9.17, 15) is 0 Å². The monoisotopic (exact) mass is 228 g/mol. The van der Waals surface area contributed by atoms with Gasteiger partial charge in [0.15, 0.2) is 11.4 Å². The molecule has 0 saturated carbocycles. The lowest BCUT2D eigenvalue weighted by molar-refractivity contribution is 0.543. The lowest BCUT2D eigenvalue weighted by Crippen LogP contribution is -1.98. The van der Waals surface area contributed by atoms with Crippen LogP contribution in [0.5, 0.6) is 0 Å². The summed E-state index contributed by atoms with van der Waals surface area (Å²) in [6.45, 7) is 2.39. The molecule has 0 radical (unpaired) electrons. The zero-order chi connectivity index (χ0) is 11.8. The van der Waals surface area contributed by atoms with Crippen LogP contribution in [0.1, 0.15) is 11.3 Å². The molecule has 0 fully saturated rings. The zero-order valence-electron chi connectivity index (χ0n) is 9.42. The van der Waals surface area contributed by atoms with E-state index < -0.39 is 0 Å². The molecule has 0 aromatic carbocycles. The Balaban J connectivity index is 2.22. The van der Waals surface area contributed by atoms with Crippen molar-refractivity contribution in [3.63, 3.8) is 0 Å². The van der Waals surface area contributed by atoms with Crippen molar-refractivity contribution in [3.05, 3.63) is 41.8 Å². The van der Waals surface area contributed by atoms with Gasteiger partial charge in [-0.2, -0.15) is 0 Å². The standard InChI is InChI=1S/C12H12N4O/c1-8-2-4-10(17-8)12-15-14-11-5-3-9(6-13)7-16(11)12/h2-5,7H,6,13H2,1H3. The second-order valence-corrected chi connectivity index (χ2v) is 3.90. The second-order valence-electron chi connectivity index (χ2n) is 3.90. The van der Waals surface area contributed by atoms with Gasteiger partial charge in [-0.25, -0.2) is 0 Å². The maximum Gasteiger partial charge on any atom is 0.204 e. The fourth-order valence-electron chi connectivity index (χ4n) is 1.78. The Morgan fingerprint density at radius 2 is 2.12 bits per heavy atom. The molecule has 0 spiro atoms. The maximum absolute atomic E-state index is 5.62. The van der Waals surface area contributed by atoms with Crippen molar-refractivity contribution < 1.29 is 4.42 Å². The predicted molar refractivity (Wildman–Crippen MR) is 63.3 cm³/mol. The van der Waals surface area contributed by atoms with Crippen LogP contribution < -0.4 is 5.73 Å². The summed E-state index contributed by atoms with van der Waals surface area (Å²) in [5.41, 5.74) is 7.44. The number of hydrogen-bond donors (Lipinski definition) is 1. The third-order valence-electron chi connectivity index (χ3n) is 2.66. The Labute approximate surface area is 97.9 Å². The molecule has 3 aromatic rings. The number of fused-ring (bicyclic) bond motifs is 1. The molecule has 0 amide bonds. The van der Waals surface area contributed by atoms with Gasteiger partial charge in [-0.1, -0.05) is 6.07 Å². The van der Waals surface area contributed by atoms with Gasteiger partial charge in [-0.15, -0.1) is 10.2 Å². The Kier molecular flexibility index (Phi) is 2.19. The lowest BCUT2D eigenvalue weighted by Gasteiger charge is -1.99. The van der Waals surface area contributed by atoms with Crippen LogP contribution in [0, 0.1) is 6.92 Å². The molecule has 5 nitrogen and oxygen atoms in total. The highest BCUT2D eigenvalue weighted by Gasteiger charge is 2.11. The molecule has 0 aliphatic carbocycles. The van der Waals surface area contributed by atoms with Gasteiger partial charge in [0.25, 0.3) is 0 Å². The molecule has 3 aromatic heterocycles. The smallest absolute Gasteiger partial charge is 0.204 e. The van der Waals surface area contributed by atoms with Crippen LogP contribution in [0.15, 0.2) is 34.9 Å². The summed E-state index contributed by atoms with van der Waals surface area (Å²) >= 11 is 0. The number of pyridine rings is 1. The SMILES string of the molecule is Cc1ccc(-c2nnc3ccc(CN)cn23)o1. The summed E-state index contributed by atoms with van der Waals surface area (Å²) in [4.78, 5) is 0. The van der Waals surface area contributed by atoms with Gasteiger partial charge < -0.3 is 10.2 Å². The highest BCUT2D eigenvalue weighted by molar-refractivity contribution is 5.54. The minimum atomic E-state index is 0.491. The summed E-state index contributed by atoms with van der Waals surface area (Å²) in [5, 5.41) is 8.22. The molecular weight excluding hydrogens is 216 g/mol. The number of nitrogens with two attached hydrogens (primary N) is 1. The molecule has 3 heterocycles. The molecular formula is C12H12N4O. The number of rotatable bonds is 2. The first kappa shape index (κ1) is 10.0. The van der Waals surface area contributed by atoms with Crippen molar-refractivity contribution in [2.75, 3.05) is 0 Å². The van der Waals surface area contributed by atoms with E-state index in [1.165, 1.54) is 0 Å². The number of aromatic nitrogens is 3. The Morgan fingerprint density at radius 1 is 1.24 bits per heavy atom. The van der Waals surface area contributed by atoms with E-state index in [2.05, 4.69) is 10.2 Å². The van der Waals surface area contributed by atoms with Crippen LogP contribution in [0.2, 0.25) is 0 Å². The third kappa shape index (κ3) is 1.60. The molecule has 17 heavy (non-hydrogen) atoms. The minimum Gasteiger partial charge on any atom is -0.458 e. The highest BCUT2D eigenvalue weighted by atomic mass is 16.3. The van der Waals surface area contributed by atoms with E-state index in [0.29, 0.717) is 18.1 Å². The summed E-state index contributed by atoms with van der Waals surface area (Å²) in [7, 11) is 0. The van der Waals surface area contributed by atoms with Crippen molar-refractivity contribution in [2.45, 2.75) is 13.5 Å². The molecule has 0 unspecified atom stereocenters. The lowest BCUT2D eigenvalue weighted by atomic mass is 10.3. The van der Waals surface area contributed by atoms with Crippen molar-refractivity contribution in [3.8, 4) is 11.6 Å². The van der Waals surface area contributed by atoms with Gasteiger partial charge in [0.05, 0.1) is 0 Å². The van der Waals surface area contributed by atoms with Crippen molar-refractivity contribution in [1.82, 2.24) is 14.6 Å². The van der Waals surface area contributed by atoms with Crippen LogP contribution in [0.25, 0.3) is 17.2 Å². The summed E-state index contributed by atoms with van der Waals surface area (Å²) in [6, 6.07) is 7.64. The van der Waals surface area contributed by atoms with Crippen LogP contribution in [0.4, 0.5) is 0 Å². The molecule has 5 heteroatoms. The van der Waals surface area contributed by atoms with Gasteiger partial charge in [0.1, 0.15) is 5.76 Å². The number of furan rings is 1. The van der Waals surface area contributed by atoms with Gasteiger partial charge >= 0.3 is 0 Å². The van der Waals surface area contributed by atoms with E-state index in [0.717, 1.165) is 17.0 Å². The average molecular weight is 228 g/mol. The fourth-order valence-corrected chi connectivity index (χ4v) is 1.78. The van der Waals surface area contributed by atoms with E-state index in [1.54, 1.807) is 0 Å². The molecule has 2 N–H and O–H groups in total. The first-order valence-corrected chi connectivity index (χ1v) is 5.38. The number of nitrogens with zero attached hydrogens (tertiary/aromatic N) is 3. The topological polar surface area (TPSA) is 69.3 Å².